The molecule has 5 rings (SSSR count). The zero-order valence-corrected chi connectivity index (χ0v) is 17.0. The van der Waals surface area contributed by atoms with Gasteiger partial charge in [0.1, 0.15) is 0 Å². The number of hydrogen-bond acceptors (Lipinski definition) is 2. The van der Waals surface area contributed by atoms with Crippen LogP contribution in [-0.4, -0.2) is 13.1 Å². The lowest BCUT2D eigenvalue weighted by atomic mass is 9.74. The summed E-state index contributed by atoms with van der Waals surface area (Å²) in [6, 6.07) is 19.3. The highest BCUT2D eigenvalue weighted by molar-refractivity contribution is 5.33. The van der Waals surface area contributed by atoms with Gasteiger partial charge < -0.3 is 10.6 Å². The molecule has 3 aliphatic rings. The molecule has 0 radical (unpaired) electrons. The van der Waals surface area contributed by atoms with Crippen LogP contribution in [0.1, 0.15) is 72.9 Å². The Morgan fingerprint density at radius 1 is 0.607 bits per heavy atom. The van der Waals surface area contributed by atoms with Crippen LogP contribution in [0.3, 0.4) is 0 Å². The Morgan fingerprint density at radius 3 is 1.50 bits per heavy atom. The van der Waals surface area contributed by atoms with Crippen molar-refractivity contribution in [2.75, 3.05) is 13.1 Å². The van der Waals surface area contributed by atoms with Gasteiger partial charge >= 0.3 is 0 Å². The van der Waals surface area contributed by atoms with E-state index in [0.717, 1.165) is 24.9 Å². The van der Waals surface area contributed by atoms with Crippen LogP contribution in [0.5, 0.6) is 0 Å². The zero-order valence-electron chi connectivity index (χ0n) is 17.0. The van der Waals surface area contributed by atoms with Gasteiger partial charge in [-0.2, -0.15) is 0 Å². The quantitative estimate of drug-likeness (QED) is 0.754. The molecule has 2 unspecified atom stereocenters. The second kappa shape index (κ2) is 8.39. The van der Waals surface area contributed by atoms with Gasteiger partial charge in [-0.05, 0) is 72.9 Å². The molecule has 0 saturated heterocycles. The van der Waals surface area contributed by atoms with Crippen LogP contribution in [0.4, 0.5) is 0 Å². The fourth-order valence-electron chi connectivity index (χ4n) is 5.98. The maximum Gasteiger partial charge on any atom is 0.0325 e. The first-order chi connectivity index (χ1) is 13.9. The van der Waals surface area contributed by atoms with E-state index in [2.05, 4.69) is 59.2 Å². The SMILES string of the molecule is c1ccc2c(c1)CCNC2CC1CCC(CC2NCCc3ccccc32)CC1. The van der Waals surface area contributed by atoms with Crippen LogP contribution in [-0.2, 0) is 12.8 Å². The third kappa shape index (κ3) is 3.90. The summed E-state index contributed by atoms with van der Waals surface area (Å²) in [6.45, 7) is 2.29. The standard InChI is InChI=1S/C26H34N2/c1-3-7-23-21(5-1)13-15-27-25(23)17-19-9-11-20(12-10-19)18-26-24-8-4-2-6-22(24)14-16-28-26/h1-8,19-20,25-28H,9-18H2. The van der Waals surface area contributed by atoms with Gasteiger partial charge in [0, 0.05) is 12.1 Å². The third-order valence-electron chi connectivity index (χ3n) is 7.54. The van der Waals surface area contributed by atoms with Gasteiger partial charge in [-0.25, -0.2) is 0 Å². The summed E-state index contributed by atoms with van der Waals surface area (Å²) < 4.78 is 0. The highest BCUT2D eigenvalue weighted by Gasteiger charge is 2.29. The van der Waals surface area contributed by atoms with Crippen molar-refractivity contribution in [3.05, 3.63) is 70.8 Å². The average molecular weight is 375 g/mol. The summed E-state index contributed by atoms with van der Waals surface area (Å²) in [5.41, 5.74) is 6.28. The highest BCUT2D eigenvalue weighted by atomic mass is 14.9. The summed E-state index contributed by atoms with van der Waals surface area (Å²) in [4.78, 5) is 0. The Morgan fingerprint density at radius 2 is 1.04 bits per heavy atom. The van der Waals surface area contributed by atoms with Crippen molar-refractivity contribution in [1.82, 2.24) is 10.6 Å². The van der Waals surface area contributed by atoms with Crippen LogP contribution in [0.2, 0.25) is 0 Å². The van der Waals surface area contributed by atoms with Crippen molar-refractivity contribution in [2.24, 2.45) is 11.8 Å². The predicted molar refractivity (Wildman–Crippen MR) is 116 cm³/mol. The molecular weight excluding hydrogens is 340 g/mol. The second-order valence-electron chi connectivity index (χ2n) is 9.27. The van der Waals surface area contributed by atoms with Gasteiger partial charge in [0.15, 0.2) is 0 Å². The fraction of sp³-hybridized carbons (Fsp3) is 0.538. The largest absolute Gasteiger partial charge is 0.310 e. The van der Waals surface area contributed by atoms with Crippen molar-refractivity contribution in [2.45, 2.75) is 63.5 Å². The van der Waals surface area contributed by atoms with Crippen molar-refractivity contribution < 1.29 is 0 Å². The maximum atomic E-state index is 3.80. The topological polar surface area (TPSA) is 24.1 Å². The van der Waals surface area contributed by atoms with Gasteiger partial charge in [0.2, 0.25) is 0 Å². The van der Waals surface area contributed by atoms with Crippen LogP contribution < -0.4 is 10.6 Å². The molecule has 2 heteroatoms. The first-order valence-electron chi connectivity index (χ1n) is 11.5. The van der Waals surface area contributed by atoms with Crippen LogP contribution in [0, 0.1) is 11.8 Å². The molecule has 0 spiro atoms. The first kappa shape index (κ1) is 18.4. The minimum absolute atomic E-state index is 0.582. The number of hydrogen-bond donors (Lipinski definition) is 2. The van der Waals surface area contributed by atoms with Gasteiger partial charge in [-0.3, -0.25) is 0 Å². The molecule has 28 heavy (non-hydrogen) atoms. The minimum Gasteiger partial charge on any atom is -0.310 e. The Labute approximate surface area is 170 Å². The molecule has 2 N–H and O–H groups in total. The summed E-state index contributed by atoms with van der Waals surface area (Å²) in [5.74, 6) is 1.79. The van der Waals surface area contributed by atoms with Crippen molar-refractivity contribution in [3.63, 3.8) is 0 Å². The number of rotatable bonds is 4. The second-order valence-corrected chi connectivity index (χ2v) is 9.27. The third-order valence-corrected chi connectivity index (χ3v) is 7.54. The van der Waals surface area contributed by atoms with Gasteiger partial charge in [-0.1, -0.05) is 74.2 Å². The van der Waals surface area contributed by atoms with E-state index in [1.54, 1.807) is 22.3 Å². The molecule has 2 nitrogen and oxygen atoms in total. The molecule has 0 aromatic heterocycles. The molecule has 148 valence electrons. The monoisotopic (exact) mass is 374 g/mol. The van der Waals surface area contributed by atoms with Crippen LogP contribution >= 0.6 is 0 Å². The normalized spacial score (nSPS) is 29.7. The van der Waals surface area contributed by atoms with Crippen molar-refractivity contribution >= 4 is 0 Å². The summed E-state index contributed by atoms with van der Waals surface area (Å²) >= 11 is 0. The molecule has 1 fully saturated rings. The lowest BCUT2D eigenvalue weighted by molar-refractivity contribution is 0.218. The molecule has 2 aromatic rings. The van der Waals surface area contributed by atoms with Gasteiger partial charge in [0.25, 0.3) is 0 Å². The number of nitrogens with one attached hydrogen (secondary N) is 2. The van der Waals surface area contributed by atoms with E-state index in [1.165, 1.54) is 51.4 Å². The predicted octanol–water partition coefficient (Wildman–Crippen LogP) is 5.35. The lowest BCUT2D eigenvalue weighted by Gasteiger charge is -2.36. The Bertz CT molecular complexity index is 723. The summed E-state index contributed by atoms with van der Waals surface area (Å²) in [6.07, 6.45) is 10.7. The summed E-state index contributed by atoms with van der Waals surface area (Å²) in [7, 11) is 0. The van der Waals surface area contributed by atoms with Crippen LogP contribution in [0.15, 0.2) is 48.5 Å². The minimum atomic E-state index is 0.582. The molecule has 2 heterocycles. The first-order valence-corrected chi connectivity index (χ1v) is 11.5. The Kier molecular flexibility index (Phi) is 5.51. The Balaban J connectivity index is 1.16. The van der Waals surface area contributed by atoms with E-state index in [0.29, 0.717) is 12.1 Å². The average Bonchev–Trinajstić information content (AvgIpc) is 2.76. The van der Waals surface area contributed by atoms with Crippen molar-refractivity contribution in [3.8, 4) is 0 Å². The van der Waals surface area contributed by atoms with E-state index in [1.807, 2.05) is 0 Å². The van der Waals surface area contributed by atoms with E-state index in [-0.39, 0.29) is 0 Å². The molecule has 0 bridgehead atoms. The number of benzene rings is 2. The van der Waals surface area contributed by atoms with E-state index in [9.17, 15) is 0 Å². The smallest absolute Gasteiger partial charge is 0.0325 e. The van der Waals surface area contributed by atoms with E-state index < -0.39 is 0 Å². The van der Waals surface area contributed by atoms with E-state index >= 15 is 0 Å². The highest BCUT2D eigenvalue weighted by Crippen LogP contribution is 2.40. The molecule has 2 atom stereocenters. The molecule has 0 amide bonds. The number of fused-ring (bicyclic) bond motifs is 2. The molecule has 2 aromatic carbocycles. The maximum absolute atomic E-state index is 3.80. The summed E-state index contributed by atoms with van der Waals surface area (Å²) in [5, 5.41) is 7.60. The van der Waals surface area contributed by atoms with E-state index in [4.69, 9.17) is 0 Å². The van der Waals surface area contributed by atoms with Gasteiger partial charge in [0.05, 0.1) is 0 Å². The van der Waals surface area contributed by atoms with Gasteiger partial charge in [-0.15, -0.1) is 0 Å². The molecule has 1 saturated carbocycles. The lowest BCUT2D eigenvalue weighted by Crippen LogP contribution is -2.33. The fourth-order valence-corrected chi connectivity index (χ4v) is 5.98. The zero-order chi connectivity index (χ0) is 18.8. The Hall–Kier alpha value is -1.64. The molecule has 1 aliphatic carbocycles. The molecular formula is C26H34N2. The molecule has 2 aliphatic heterocycles. The van der Waals surface area contributed by atoms with Crippen molar-refractivity contribution in [1.29, 1.82) is 0 Å². The van der Waals surface area contributed by atoms with Crippen LogP contribution in [0.25, 0.3) is 0 Å².